The van der Waals surface area contributed by atoms with Crippen LogP contribution in [-0.2, 0) is 11.3 Å². The average Bonchev–Trinajstić information content (AvgIpc) is 3.03. The Morgan fingerprint density at radius 2 is 1.93 bits per heavy atom. The molecule has 0 aliphatic rings. The summed E-state index contributed by atoms with van der Waals surface area (Å²) in [5.74, 6) is -0.408. The zero-order valence-corrected chi connectivity index (χ0v) is 16.1. The predicted octanol–water partition coefficient (Wildman–Crippen LogP) is 4.03. The summed E-state index contributed by atoms with van der Waals surface area (Å²) in [5.41, 5.74) is 2.70. The van der Waals surface area contributed by atoms with Gasteiger partial charge in [0, 0.05) is 47.4 Å². The maximum atomic E-state index is 12.2. The molecule has 7 heteroatoms. The van der Waals surface area contributed by atoms with Gasteiger partial charge in [-0.1, -0.05) is 30.3 Å². The van der Waals surface area contributed by atoms with Gasteiger partial charge in [0.25, 0.3) is 11.6 Å². The number of nitro groups is 1. The third-order valence-electron chi connectivity index (χ3n) is 4.40. The molecule has 29 heavy (non-hydrogen) atoms. The number of nitriles is 1. The summed E-state index contributed by atoms with van der Waals surface area (Å²) >= 11 is 0. The lowest BCUT2D eigenvalue weighted by molar-refractivity contribution is -0.384. The number of carbonyl (C=O) groups is 1. The van der Waals surface area contributed by atoms with Gasteiger partial charge in [0.1, 0.15) is 11.6 Å². The summed E-state index contributed by atoms with van der Waals surface area (Å²) in [4.78, 5) is 22.7. The van der Waals surface area contributed by atoms with E-state index in [0.717, 1.165) is 22.0 Å². The molecule has 1 N–H and O–H groups in total. The quantitative estimate of drug-likeness (QED) is 0.298. The van der Waals surface area contributed by atoms with Gasteiger partial charge >= 0.3 is 0 Å². The van der Waals surface area contributed by atoms with Crippen LogP contribution in [-0.4, -0.2) is 21.4 Å². The van der Waals surface area contributed by atoms with Gasteiger partial charge in [-0.15, -0.1) is 0 Å². The van der Waals surface area contributed by atoms with E-state index in [1.807, 2.05) is 54.9 Å². The number of rotatable bonds is 6. The molecule has 2 aromatic carbocycles. The van der Waals surface area contributed by atoms with Crippen LogP contribution < -0.4 is 5.32 Å². The standard InChI is InChI=1S/C22H20N4O3/c1-15(2)24-22(27)17(12-23)11-18-14-25(21-6-4-3-5-20(18)21)13-16-7-9-19(10-8-16)26(28)29/h3-11,14-15H,13H2,1-2H3,(H,24,27)/b17-11+. The lowest BCUT2D eigenvalue weighted by Gasteiger charge is -2.06. The zero-order chi connectivity index (χ0) is 21.0. The molecule has 0 fully saturated rings. The molecule has 0 bridgehead atoms. The molecule has 3 aromatic rings. The summed E-state index contributed by atoms with van der Waals surface area (Å²) in [5, 5.41) is 23.9. The van der Waals surface area contributed by atoms with Crippen LogP contribution in [0.25, 0.3) is 17.0 Å². The van der Waals surface area contributed by atoms with Gasteiger partial charge in [-0.05, 0) is 31.6 Å². The van der Waals surface area contributed by atoms with Gasteiger partial charge in [0.05, 0.1) is 4.92 Å². The summed E-state index contributed by atoms with van der Waals surface area (Å²) < 4.78 is 2.00. The Labute approximate surface area is 168 Å². The average molecular weight is 388 g/mol. The van der Waals surface area contributed by atoms with Crippen LogP contribution in [0, 0.1) is 21.4 Å². The maximum absolute atomic E-state index is 12.2. The summed E-state index contributed by atoms with van der Waals surface area (Å²) in [6.45, 7) is 4.18. The molecule has 0 atom stereocenters. The van der Waals surface area contributed by atoms with Crippen molar-refractivity contribution in [3.8, 4) is 6.07 Å². The number of para-hydroxylation sites is 1. The third kappa shape index (κ3) is 4.50. The number of non-ortho nitro benzene ring substituents is 1. The van der Waals surface area contributed by atoms with Crippen LogP contribution in [0.4, 0.5) is 5.69 Å². The number of hydrogen-bond donors (Lipinski definition) is 1. The Balaban J connectivity index is 1.98. The first-order valence-electron chi connectivity index (χ1n) is 9.13. The molecule has 0 radical (unpaired) electrons. The van der Waals surface area contributed by atoms with Crippen molar-refractivity contribution in [2.24, 2.45) is 0 Å². The smallest absolute Gasteiger partial charge is 0.269 e. The number of nitro benzene ring substituents is 1. The molecule has 146 valence electrons. The second-order valence-corrected chi connectivity index (χ2v) is 6.95. The Bertz CT molecular complexity index is 1140. The van der Waals surface area contributed by atoms with E-state index in [9.17, 15) is 20.2 Å². The monoisotopic (exact) mass is 388 g/mol. The van der Waals surface area contributed by atoms with Gasteiger partial charge in [0.15, 0.2) is 0 Å². The first-order valence-corrected chi connectivity index (χ1v) is 9.13. The molecule has 0 aliphatic carbocycles. The molecule has 0 unspecified atom stereocenters. The minimum Gasteiger partial charge on any atom is -0.349 e. The van der Waals surface area contributed by atoms with Crippen molar-refractivity contribution in [1.82, 2.24) is 9.88 Å². The molecule has 1 heterocycles. The van der Waals surface area contributed by atoms with Gasteiger partial charge < -0.3 is 9.88 Å². The van der Waals surface area contributed by atoms with E-state index in [0.29, 0.717) is 6.54 Å². The van der Waals surface area contributed by atoms with Crippen molar-refractivity contribution in [3.05, 3.63) is 81.5 Å². The molecular weight excluding hydrogens is 368 g/mol. The Morgan fingerprint density at radius 3 is 2.55 bits per heavy atom. The number of nitrogens with zero attached hydrogens (tertiary/aromatic N) is 3. The van der Waals surface area contributed by atoms with Crippen LogP contribution in [0.3, 0.4) is 0 Å². The van der Waals surface area contributed by atoms with E-state index in [2.05, 4.69) is 5.32 Å². The van der Waals surface area contributed by atoms with E-state index in [4.69, 9.17) is 0 Å². The molecule has 0 saturated heterocycles. The number of amides is 1. The fourth-order valence-corrected chi connectivity index (χ4v) is 3.08. The van der Waals surface area contributed by atoms with Crippen molar-refractivity contribution in [2.45, 2.75) is 26.4 Å². The molecular formula is C22H20N4O3. The normalized spacial score (nSPS) is 11.4. The largest absolute Gasteiger partial charge is 0.349 e. The predicted molar refractivity (Wildman–Crippen MR) is 111 cm³/mol. The number of nitrogens with one attached hydrogen (secondary N) is 1. The minimum absolute atomic E-state index is 0.0388. The van der Waals surface area contributed by atoms with E-state index in [1.54, 1.807) is 18.2 Å². The van der Waals surface area contributed by atoms with Gasteiger partial charge in [-0.3, -0.25) is 14.9 Å². The molecule has 7 nitrogen and oxygen atoms in total. The first-order chi connectivity index (χ1) is 13.9. The molecule has 0 saturated carbocycles. The number of benzene rings is 2. The van der Waals surface area contributed by atoms with Gasteiger partial charge in [-0.25, -0.2) is 0 Å². The SMILES string of the molecule is CC(C)NC(=O)/C(C#N)=C/c1cn(Cc2ccc([N+](=O)[O-])cc2)c2ccccc12. The lowest BCUT2D eigenvalue weighted by Crippen LogP contribution is -2.30. The number of fused-ring (bicyclic) bond motifs is 1. The van der Waals surface area contributed by atoms with E-state index in [1.165, 1.54) is 12.1 Å². The Kier molecular flexibility index (Phi) is 5.74. The number of hydrogen-bond acceptors (Lipinski definition) is 4. The second kappa shape index (κ2) is 8.40. The molecule has 1 amide bonds. The van der Waals surface area contributed by atoms with Crippen LogP contribution in [0.15, 0.2) is 60.3 Å². The fraction of sp³-hybridized carbons (Fsp3) is 0.182. The van der Waals surface area contributed by atoms with E-state index < -0.39 is 10.8 Å². The van der Waals surface area contributed by atoms with E-state index in [-0.39, 0.29) is 17.3 Å². The Hall–Kier alpha value is -3.92. The minimum atomic E-state index is -0.427. The highest BCUT2D eigenvalue weighted by atomic mass is 16.6. The fourth-order valence-electron chi connectivity index (χ4n) is 3.08. The lowest BCUT2D eigenvalue weighted by atomic mass is 10.1. The van der Waals surface area contributed by atoms with Crippen LogP contribution in [0.2, 0.25) is 0 Å². The zero-order valence-electron chi connectivity index (χ0n) is 16.1. The first kappa shape index (κ1) is 19.8. The number of aromatic nitrogens is 1. The molecule has 3 rings (SSSR count). The van der Waals surface area contributed by atoms with Crippen molar-refractivity contribution >= 4 is 28.6 Å². The topological polar surface area (TPSA) is 101 Å². The van der Waals surface area contributed by atoms with Crippen LogP contribution in [0.1, 0.15) is 25.0 Å². The van der Waals surface area contributed by atoms with Crippen molar-refractivity contribution < 1.29 is 9.72 Å². The summed E-state index contributed by atoms with van der Waals surface area (Å²) in [7, 11) is 0. The van der Waals surface area contributed by atoms with Crippen LogP contribution >= 0.6 is 0 Å². The maximum Gasteiger partial charge on any atom is 0.269 e. The van der Waals surface area contributed by atoms with Crippen molar-refractivity contribution in [3.63, 3.8) is 0 Å². The highest BCUT2D eigenvalue weighted by Crippen LogP contribution is 2.25. The van der Waals surface area contributed by atoms with Crippen molar-refractivity contribution in [1.29, 1.82) is 5.26 Å². The Morgan fingerprint density at radius 1 is 1.24 bits per heavy atom. The highest BCUT2D eigenvalue weighted by Gasteiger charge is 2.13. The van der Waals surface area contributed by atoms with Gasteiger partial charge in [0.2, 0.25) is 0 Å². The third-order valence-corrected chi connectivity index (χ3v) is 4.40. The summed E-state index contributed by atoms with van der Waals surface area (Å²) in [6.07, 6.45) is 3.47. The molecule has 1 aromatic heterocycles. The van der Waals surface area contributed by atoms with Crippen LogP contribution in [0.5, 0.6) is 0 Å². The molecule has 0 aliphatic heterocycles. The summed E-state index contributed by atoms with van der Waals surface area (Å²) in [6, 6.07) is 16.0. The second-order valence-electron chi connectivity index (χ2n) is 6.95. The molecule has 0 spiro atoms. The number of carbonyl (C=O) groups excluding carboxylic acids is 1. The van der Waals surface area contributed by atoms with Crippen molar-refractivity contribution in [2.75, 3.05) is 0 Å². The highest BCUT2D eigenvalue weighted by molar-refractivity contribution is 6.04. The van der Waals surface area contributed by atoms with Gasteiger partial charge in [-0.2, -0.15) is 5.26 Å². The van der Waals surface area contributed by atoms with E-state index >= 15 is 0 Å².